The number of anilines is 2. The van der Waals surface area contributed by atoms with Gasteiger partial charge in [-0.15, -0.1) is 0 Å². The van der Waals surface area contributed by atoms with Crippen molar-refractivity contribution in [3.8, 4) is 5.75 Å². The van der Waals surface area contributed by atoms with E-state index in [1.807, 2.05) is 0 Å². The van der Waals surface area contributed by atoms with E-state index in [2.05, 4.69) is 0 Å². The summed E-state index contributed by atoms with van der Waals surface area (Å²) >= 11 is 0. The molecular formula is C22H25N3O8. The molecule has 0 unspecified atom stereocenters. The van der Waals surface area contributed by atoms with Crippen LogP contribution in [-0.4, -0.2) is 62.7 Å². The monoisotopic (exact) mass is 459 g/mol. The molecule has 0 aromatic heterocycles. The maximum Gasteiger partial charge on any atom is 0.255 e. The first-order valence-corrected chi connectivity index (χ1v) is 10.2. The van der Waals surface area contributed by atoms with Crippen LogP contribution in [0, 0.1) is 11.8 Å². The molecule has 0 spiro atoms. The van der Waals surface area contributed by atoms with Gasteiger partial charge in [0.05, 0.1) is 16.9 Å². The molecule has 4 atom stereocenters. The standard InChI is InChI=1S/C22H25N3O8/c1-21(32)8-4-7-5-11(26)13(20(24)31)19(30)22(7,33)18(29)12(8)17(28)14-15(21)10(25(2)3)6-9(23)16(14)27/h6-8,27-28,30,32-33H,4-5,23H2,1-3H3,(H2,24,31)/t7-,8-,21-,22-/m0/s1. The third kappa shape index (κ3) is 2.66. The van der Waals surface area contributed by atoms with Gasteiger partial charge in [0.1, 0.15) is 22.8 Å². The highest BCUT2D eigenvalue weighted by molar-refractivity contribution is 6.22. The molecule has 1 amide bonds. The van der Waals surface area contributed by atoms with Crippen LogP contribution in [0.15, 0.2) is 23.0 Å². The van der Waals surface area contributed by atoms with E-state index in [0.29, 0.717) is 5.69 Å². The van der Waals surface area contributed by atoms with Gasteiger partial charge in [-0.3, -0.25) is 14.4 Å². The molecule has 11 nitrogen and oxygen atoms in total. The Morgan fingerprint density at radius 2 is 1.79 bits per heavy atom. The summed E-state index contributed by atoms with van der Waals surface area (Å²) in [5.74, 6) is -8.14. The first-order valence-electron chi connectivity index (χ1n) is 10.2. The first-order chi connectivity index (χ1) is 15.2. The number of benzene rings is 1. The van der Waals surface area contributed by atoms with Gasteiger partial charge >= 0.3 is 0 Å². The lowest BCUT2D eigenvalue weighted by molar-refractivity contribution is -0.152. The molecule has 1 aromatic carbocycles. The smallest absolute Gasteiger partial charge is 0.255 e. The van der Waals surface area contributed by atoms with Crippen LogP contribution < -0.4 is 16.4 Å². The third-order valence-electron chi connectivity index (χ3n) is 7.07. The number of hydrogen-bond donors (Lipinski definition) is 7. The molecule has 0 bridgehead atoms. The predicted molar refractivity (Wildman–Crippen MR) is 116 cm³/mol. The van der Waals surface area contributed by atoms with E-state index in [9.17, 15) is 39.9 Å². The number of phenols is 1. The molecule has 0 radical (unpaired) electrons. The zero-order chi connectivity index (χ0) is 24.8. The number of nitrogens with zero attached hydrogens (tertiary/aromatic N) is 1. The van der Waals surface area contributed by atoms with E-state index in [4.69, 9.17) is 11.5 Å². The van der Waals surface area contributed by atoms with Crippen molar-refractivity contribution in [2.75, 3.05) is 24.7 Å². The number of rotatable bonds is 2. The number of nitrogen functional groups attached to an aromatic ring is 1. The number of hydrogen-bond acceptors (Lipinski definition) is 10. The largest absolute Gasteiger partial charge is 0.508 e. The highest BCUT2D eigenvalue weighted by Crippen LogP contribution is 2.59. The van der Waals surface area contributed by atoms with Gasteiger partial charge in [-0.2, -0.15) is 0 Å². The molecule has 9 N–H and O–H groups in total. The quantitative estimate of drug-likeness (QED) is 0.175. The van der Waals surface area contributed by atoms with Crippen LogP contribution in [0.4, 0.5) is 11.4 Å². The second-order valence-corrected chi connectivity index (χ2v) is 9.18. The number of fused-ring (bicyclic) bond motifs is 3. The summed E-state index contributed by atoms with van der Waals surface area (Å²) in [5, 5.41) is 55.3. The number of carbonyl (C=O) groups is 3. The number of primary amides is 1. The number of aliphatic hydroxyl groups excluding tert-OH is 2. The van der Waals surface area contributed by atoms with Crippen molar-refractivity contribution >= 4 is 34.6 Å². The number of nitrogens with two attached hydrogens (primary N) is 2. The Kier molecular flexibility index (Phi) is 4.60. The minimum atomic E-state index is -2.72. The van der Waals surface area contributed by atoms with Gasteiger partial charge in [0.25, 0.3) is 5.91 Å². The summed E-state index contributed by atoms with van der Waals surface area (Å²) < 4.78 is 0. The Hall–Kier alpha value is -3.57. The molecule has 11 heteroatoms. The van der Waals surface area contributed by atoms with Gasteiger partial charge < -0.3 is 41.9 Å². The molecular weight excluding hydrogens is 434 g/mol. The Balaban J connectivity index is 2.06. The van der Waals surface area contributed by atoms with Crippen molar-refractivity contribution in [2.24, 2.45) is 17.6 Å². The van der Waals surface area contributed by atoms with Gasteiger partial charge in [0.15, 0.2) is 11.4 Å². The average molecular weight is 459 g/mol. The van der Waals surface area contributed by atoms with Gasteiger partial charge in [0, 0.05) is 49.2 Å². The third-order valence-corrected chi connectivity index (χ3v) is 7.07. The molecule has 4 rings (SSSR count). The Morgan fingerprint density at radius 1 is 1.18 bits per heavy atom. The van der Waals surface area contributed by atoms with Crippen molar-refractivity contribution in [3.63, 3.8) is 0 Å². The first kappa shape index (κ1) is 22.6. The van der Waals surface area contributed by atoms with Crippen molar-refractivity contribution in [3.05, 3.63) is 34.1 Å². The molecule has 1 aromatic rings. The second kappa shape index (κ2) is 6.72. The molecule has 0 heterocycles. The fourth-order valence-electron chi connectivity index (χ4n) is 5.42. The van der Waals surface area contributed by atoms with Crippen LogP contribution in [0.5, 0.6) is 5.75 Å². The number of aliphatic hydroxyl groups is 4. The number of Topliss-reactive ketones (excluding diaryl/α,β-unsaturated/α-hetero) is 2. The normalized spacial score (nSPS) is 31.2. The van der Waals surface area contributed by atoms with Gasteiger partial charge in [-0.1, -0.05) is 0 Å². The number of amides is 1. The van der Waals surface area contributed by atoms with Crippen molar-refractivity contribution in [2.45, 2.75) is 31.0 Å². The number of carbonyl (C=O) groups excluding carboxylic acids is 3. The lowest BCUT2D eigenvalue weighted by Crippen LogP contribution is -2.60. The van der Waals surface area contributed by atoms with E-state index >= 15 is 0 Å². The zero-order valence-electron chi connectivity index (χ0n) is 18.2. The van der Waals surface area contributed by atoms with Crippen molar-refractivity contribution in [1.82, 2.24) is 0 Å². The highest BCUT2D eigenvalue weighted by Gasteiger charge is 2.63. The molecule has 1 saturated carbocycles. The molecule has 3 aliphatic carbocycles. The molecule has 3 aliphatic rings. The lowest BCUT2D eigenvalue weighted by Gasteiger charge is -2.50. The Morgan fingerprint density at radius 3 is 2.33 bits per heavy atom. The van der Waals surface area contributed by atoms with Crippen molar-refractivity contribution in [1.29, 1.82) is 0 Å². The zero-order valence-corrected chi connectivity index (χ0v) is 18.2. The van der Waals surface area contributed by atoms with E-state index < -0.39 is 75.3 Å². The minimum Gasteiger partial charge on any atom is -0.508 e. The minimum absolute atomic E-state index is 0.114. The second-order valence-electron chi connectivity index (χ2n) is 9.18. The Labute approximate surface area is 188 Å². The van der Waals surface area contributed by atoms with Crippen LogP contribution in [-0.2, 0) is 20.0 Å². The average Bonchev–Trinajstić information content (AvgIpc) is 2.70. The van der Waals surface area contributed by atoms with Crippen molar-refractivity contribution < 1.29 is 39.9 Å². The SMILES string of the molecule is CN(C)c1cc(N)c(O)c2c1[C@@](C)(O)[C@H]1C[C@H]3CC(=O)C(C(N)=O)=C(O)[C@@]3(O)C(=O)C1=C2O. The molecule has 33 heavy (non-hydrogen) atoms. The lowest BCUT2D eigenvalue weighted by atomic mass is 9.55. The molecule has 0 saturated heterocycles. The summed E-state index contributed by atoms with van der Waals surface area (Å²) in [6.07, 6.45) is -0.681. The molecule has 176 valence electrons. The highest BCUT2D eigenvalue weighted by atomic mass is 16.3. The van der Waals surface area contributed by atoms with Gasteiger partial charge in [0.2, 0.25) is 5.78 Å². The number of phenolic OH excluding ortho intramolecular Hbond substituents is 1. The van der Waals surface area contributed by atoms with Crippen LogP contribution in [0.25, 0.3) is 5.76 Å². The van der Waals surface area contributed by atoms with E-state index in [0.717, 1.165) is 0 Å². The van der Waals surface area contributed by atoms with E-state index in [1.165, 1.54) is 13.0 Å². The molecule has 1 fully saturated rings. The summed E-state index contributed by atoms with van der Waals surface area (Å²) in [6.45, 7) is 1.39. The van der Waals surface area contributed by atoms with Crippen LogP contribution in [0.2, 0.25) is 0 Å². The van der Waals surface area contributed by atoms with Gasteiger partial charge in [-0.05, 0) is 19.4 Å². The summed E-state index contributed by atoms with van der Waals surface area (Å²) in [4.78, 5) is 39.3. The van der Waals surface area contributed by atoms with Crippen LogP contribution >= 0.6 is 0 Å². The summed E-state index contributed by atoms with van der Waals surface area (Å²) in [5.41, 5.74) is 5.24. The van der Waals surface area contributed by atoms with Crippen LogP contribution in [0.1, 0.15) is 30.9 Å². The summed E-state index contributed by atoms with van der Waals surface area (Å²) in [7, 11) is 3.33. The number of ketones is 2. The fraction of sp³-hybridized carbons (Fsp3) is 0.409. The topological polar surface area (TPSA) is 208 Å². The summed E-state index contributed by atoms with van der Waals surface area (Å²) in [6, 6.07) is 1.42. The fourth-order valence-corrected chi connectivity index (χ4v) is 5.42. The number of aromatic hydroxyl groups is 1. The molecule has 0 aliphatic heterocycles. The van der Waals surface area contributed by atoms with E-state index in [1.54, 1.807) is 19.0 Å². The maximum absolute atomic E-state index is 13.6. The predicted octanol–water partition coefficient (Wildman–Crippen LogP) is -0.263. The maximum atomic E-state index is 13.6. The van der Waals surface area contributed by atoms with Gasteiger partial charge in [-0.25, -0.2) is 0 Å². The Bertz CT molecular complexity index is 1210. The van der Waals surface area contributed by atoms with E-state index in [-0.39, 0.29) is 23.2 Å². The van der Waals surface area contributed by atoms with Crippen LogP contribution in [0.3, 0.4) is 0 Å².